The SMILES string of the molecule is Cc1cccc(-c2nnc(CSc3nnc(C4CC4)n3Cc3ccccc3)o2)c1. The molecule has 146 valence electrons. The van der Waals surface area contributed by atoms with E-state index in [1.807, 2.05) is 37.3 Å². The minimum Gasteiger partial charge on any atom is -0.420 e. The topological polar surface area (TPSA) is 69.6 Å². The van der Waals surface area contributed by atoms with Crippen molar-refractivity contribution >= 4 is 11.8 Å². The molecule has 0 N–H and O–H groups in total. The van der Waals surface area contributed by atoms with Crippen LogP contribution in [0.15, 0.2) is 64.2 Å². The van der Waals surface area contributed by atoms with Crippen LogP contribution in [0.5, 0.6) is 0 Å². The number of rotatable bonds is 7. The molecule has 5 rings (SSSR count). The van der Waals surface area contributed by atoms with Crippen molar-refractivity contribution in [1.82, 2.24) is 25.0 Å². The summed E-state index contributed by atoms with van der Waals surface area (Å²) in [6.45, 7) is 2.83. The van der Waals surface area contributed by atoms with Crippen LogP contribution in [-0.2, 0) is 12.3 Å². The summed E-state index contributed by atoms with van der Waals surface area (Å²) in [5.41, 5.74) is 3.35. The Morgan fingerprint density at radius 2 is 1.86 bits per heavy atom. The third kappa shape index (κ3) is 4.10. The summed E-state index contributed by atoms with van der Waals surface area (Å²) in [5, 5.41) is 18.2. The van der Waals surface area contributed by atoms with E-state index < -0.39 is 0 Å². The molecule has 0 atom stereocenters. The van der Waals surface area contributed by atoms with Crippen LogP contribution >= 0.6 is 11.8 Å². The maximum absolute atomic E-state index is 5.87. The predicted octanol–water partition coefficient (Wildman–Crippen LogP) is 4.85. The van der Waals surface area contributed by atoms with Gasteiger partial charge in [-0.05, 0) is 37.5 Å². The van der Waals surface area contributed by atoms with Crippen LogP contribution in [-0.4, -0.2) is 25.0 Å². The zero-order chi connectivity index (χ0) is 19.6. The highest BCUT2D eigenvalue weighted by Gasteiger charge is 2.30. The van der Waals surface area contributed by atoms with Crippen molar-refractivity contribution in [2.75, 3.05) is 0 Å². The summed E-state index contributed by atoms with van der Waals surface area (Å²) in [6.07, 6.45) is 2.39. The van der Waals surface area contributed by atoms with Crippen molar-refractivity contribution in [3.05, 3.63) is 77.4 Å². The Morgan fingerprint density at radius 1 is 1.00 bits per heavy atom. The highest BCUT2D eigenvalue weighted by molar-refractivity contribution is 7.98. The van der Waals surface area contributed by atoms with Crippen LogP contribution in [0.4, 0.5) is 0 Å². The molecule has 2 aromatic carbocycles. The second-order valence-electron chi connectivity index (χ2n) is 7.35. The lowest BCUT2D eigenvalue weighted by Gasteiger charge is -2.09. The molecule has 1 saturated carbocycles. The standard InChI is InChI=1S/C22H21N5OS/c1-15-6-5-9-18(12-15)21-25-23-19(28-21)14-29-22-26-24-20(17-10-11-17)27(22)13-16-7-3-2-4-8-16/h2-9,12,17H,10-11,13-14H2,1H3. The zero-order valence-electron chi connectivity index (χ0n) is 16.2. The fraction of sp³-hybridized carbons (Fsp3) is 0.273. The van der Waals surface area contributed by atoms with Crippen LogP contribution in [0, 0.1) is 6.92 Å². The summed E-state index contributed by atoms with van der Waals surface area (Å²) in [4.78, 5) is 0. The van der Waals surface area contributed by atoms with Gasteiger partial charge in [0.2, 0.25) is 11.8 Å². The molecule has 4 aromatic rings. The summed E-state index contributed by atoms with van der Waals surface area (Å²) in [7, 11) is 0. The second kappa shape index (κ2) is 7.83. The average Bonchev–Trinajstić information content (AvgIpc) is 3.34. The summed E-state index contributed by atoms with van der Waals surface area (Å²) < 4.78 is 8.10. The van der Waals surface area contributed by atoms with Gasteiger partial charge in [-0.15, -0.1) is 20.4 Å². The first-order valence-electron chi connectivity index (χ1n) is 9.75. The van der Waals surface area contributed by atoms with Crippen LogP contribution in [0.25, 0.3) is 11.5 Å². The maximum Gasteiger partial charge on any atom is 0.247 e. The van der Waals surface area contributed by atoms with Crippen LogP contribution < -0.4 is 0 Å². The minimum absolute atomic E-state index is 0.539. The molecule has 0 aliphatic heterocycles. The molecule has 2 heterocycles. The van der Waals surface area contributed by atoms with Gasteiger partial charge in [-0.25, -0.2) is 0 Å². The third-order valence-electron chi connectivity index (χ3n) is 4.93. The molecule has 7 heteroatoms. The molecule has 6 nitrogen and oxygen atoms in total. The van der Waals surface area contributed by atoms with E-state index in [1.165, 1.54) is 24.0 Å². The van der Waals surface area contributed by atoms with Gasteiger partial charge in [0, 0.05) is 11.5 Å². The van der Waals surface area contributed by atoms with Gasteiger partial charge in [0.05, 0.1) is 12.3 Å². The maximum atomic E-state index is 5.87. The van der Waals surface area contributed by atoms with Crippen molar-refractivity contribution in [1.29, 1.82) is 0 Å². The first-order valence-corrected chi connectivity index (χ1v) is 10.7. The number of benzene rings is 2. The molecule has 0 spiro atoms. The van der Waals surface area contributed by atoms with E-state index in [1.54, 1.807) is 11.8 Å². The number of hydrogen-bond donors (Lipinski definition) is 0. The van der Waals surface area contributed by atoms with Crippen molar-refractivity contribution in [3.63, 3.8) is 0 Å². The van der Waals surface area contributed by atoms with E-state index >= 15 is 0 Å². The van der Waals surface area contributed by atoms with Gasteiger partial charge in [0.1, 0.15) is 5.82 Å². The second-order valence-corrected chi connectivity index (χ2v) is 8.29. The Kier molecular flexibility index (Phi) is 4.89. The lowest BCUT2D eigenvalue weighted by molar-refractivity contribution is 0.528. The van der Waals surface area contributed by atoms with Gasteiger partial charge in [-0.1, -0.05) is 59.8 Å². The third-order valence-corrected chi connectivity index (χ3v) is 5.88. The molecule has 0 radical (unpaired) electrons. The normalized spacial score (nSPS) is 13.7. The van der Waals surface area contributed by atoms with Gasteiger partial charge in [-0.2, -0.15) is 0 Å². The van der Waals surface area contributed by atoms with E-state index in [9.17, 15) is 0 Å². The van der Waals surface area contributed by atoms with Crippen LogP contribution in [0.1, 0.15) is 41.6 Å². The number of hydrogen-bond acceptors (Lipinski definition) is 6. The molecule has 0 bridgehead atoms. The number of aromatic nitrogens is 5. The first-order chi connectivity index (χ1) is 14.3. The van der Waals surface area contributed by atoms with E-state index in [4.69, 9.17) is 4.42 Å². The Balaban J connectivity index is 1.33. The largest absolute Gasteiger partial charge is 0.420 e. The molecule has 1 fully saturated rings. The molecule has 1 aliphatic carbocycles. The molecule has 0 unspecified atom stereocenters. The van der Waals surface area contributed by atoms with Crippen molar-refractivity contribution in [3.8, 4) is 11.5 Å². The molecule has 0 saturated heterocycles. The molecule has 2 aromatic heterocycles. The Labute approximate surface area is 173 Å². The smallest absolute Gasteiger partial charge is 0.247 e. The fourth-order valence-electron chi connectivity index (χ4n) is 3.30. The Hall–Kier alpha value is -2.93. The van der Waals surface area contributed by atoms with E-state index in [2.05, 4.69) is 49.2 Å². The quantitative estimate of drug-likeness (QED) is 0.411. The number of thioether (sulfide) groups is 1. The number of aryl methyl sites for hydroxylation is 1. The van der Waals surface area contributed by atoms with E-state index in [-0.39, 0.29) is 0 Å². The summed E-state index contributed by atoms with van der Waals surface area (Å²) in [5.74, 6) is 3.33. The lowest BCUT2D eigenvalue weighted by Crippen LogP contribution is -2.06. The van der Waals surface area contributed by atoms with Gasteiger partial charge in [-0.3, -0.25) is 0 Å². The van der Waals surface area contributed by atoms with Gasteiger partial charge >= 0.3 is 0 Å². The summed E-state index contributed by atoms with van der Waals surface area (Å²) >= 11 is 1.59. The van der Waals surface area contributed by atoms with Crippen molar-refractivity contribution in [2.45, 2.75) is 43.1 Å². The van der Waals surface area contributed by atoms with Gasteiger partial charge in [0.25, 0.3) is 0 Å². The summed E-state index contributed by atoms with van der Waals surface area (Å²) in [6, 6.07) is 18.5. The number of nitrogens with zero attached hydrogens (tertiary/aromatic N) is 5. The van der Waals surface area contributed by atoms with Crippen LogP contribution in [0.2, 0.25) is 0 Å². The van der Waals surface area contributed by atoms with Gasteiger partial charge in [0.15, 0.2) is 5.16 Å². The Morgan fingerprint density at radius 3 is 2.66 bits per heavy atom. The molecule has 1 aliphatic rings. The van der Waals surface area contributed by atoms with E-state index in [0.29, 0.717) is 23.5 Å². The average molecular weight is 404 g/mol. The predicted molar refractivity (Wildman–Crippen MR) is 112 cm³/mol. The minimum atomic E-state index is 0.539. The van der Waals surface area contributed by atoms with Crippen molar-refractivity contribution in [2.24, 2.45) is 0 Å². The Bertz CT molecular complexity index is 1120. The highest BCUT2D eigenvalue weighted by atomic mass is 32.2. The first kappa shape index (κ1) is 18.1. The molecule has 0 amide bonds. The van der Waals surface area contributed by atoms with Crippen molar-refractivity contribution < 1.29 is 4.42 Å². The fourth-order valence-corrected chi connectivity index (χ4v) is 4.08. The molecular formula is C22H21N5OS. The monoisotopic (exact) mass is 403 g/mol. The van der Waals surface area contributed by atoms with Gasteiger partial charge < -0.3 is 8.98 Å². The lowest BCUT2D eigenvalue weighted by atomic mass is 10.1. The molecular weight excluding hydrogens is 382 g/mol. The zero-order valence-corrected chi connectivity index (χ0v) is 17.0. The van der Waals surface area contributed by atoms with Crippen LogP contribution in [0.3, 0.4) is 0 Å². The molecule has 29 heavy (non-hydrogen) atoms. The highest BCUT2D eigenvalue weighted by Crippen LogP contribution is 2.40. The van der Waals surface area contributed by atoms with E-state index in [0.717, 1.165) is 23.1 Å².